The topological polar surface area (TPSA) is 26.3 Å². The molecule has 0 radical (unpaired) electrons. The summed E-state index contributed by atoms with van der Waals surface area (Å²) in [5.74, 6) is 0.978. The fraction of sp³-hybridized carbons (Fsp3) is 0.136. The van der Waals surface area contributed by atoms with Crippen LogP contribution in [0.2, 0.25) is 19.6 Å². The van der Waals surface area contributed by atoms with E-state index in [1.54, 1.807) is 11.8 Å². The highest BCUT2D eigenvalue weighted by Crippen LogP contribution is 2.36. The van der Waals surface area contributed by atoms with Gasteiger partial charge in [0.2, 0.25) is 8.32 Å². The van der Waals surface area contributed by atoms with Gasteiger partial charge in [-0.15, -0.1) is 0 Å². The van der Waals surface area contributed by atoms with Gasteiger partial charge in [0.25, 0.3) is 0 Å². The van der Waals surface area contributed by atoms with Gasteiger partial charge in [0.05, 0.1) is 4.90 Å². The average Bonchev–Trinajstić information content (AvgIpc) is 2.63. The lowest BCUT2D eigenvalue weighted by Crippen LogP contribution is -2.29. The van der Waals surface area contributed by atoms with Crippen LogP contribution in [0.15, 0.2) is 88.7 Å². The molecule has 0 aromatic heterocycles. The second-order valence-corrected chi connectivity index (χ2v) is 12.5. The number of rotatable bonds is 6. The number of para-hydroxylation sites is 1. The zero-order chi connectivity index (χ0) is 18.6. The van der Waals surface area contributed by atoms with Gasteiger partial charge in [-0.05, 0) is 56.0 Å². The van der Waals surface area contributed by atoms with Gasteiger partial charge in [-0.3, -0.25) is 4.79 Å². The molecular formula is C22H22O2SSi. The van der Waals surface area contributed by atoms with Crippen LogP contribution in [0.5, 0.6) is 5.75 Å². The molecule has 0 bridgehead atoms. The van der Waals surface area contributed by atoms with E-state index >= 15 is 0 Å². The van der Waals surface area contributed by atoms with Crippen molar-refractivity contribution < 1.29 is 9.22 Å². The third-order valence-corrected chi connectivity index (χ3v) is 5.54. The summed E-state index contributed by atoms with van der Waals surface area (Å²) in [4.78, 5) is 14.7. The number of ketones is 1. The number of carbonyl (C=O) groups excluding carboxylic acids is 1. The summed E-state index contributed by atoms with van der Waals surface area (Å²) in [5, 5.41) is 0. The number of hydrogen-bond acceptors (Lipinski definition) is 3. The van der Waals surface area contributed by atoms with E-state index in [-0.39, 0.29) is 5.78 Å². The molecule has 2 nitrogen and oxygen atoms in total. The summed E-state index contributed by atoms with van der Waals surface area (Å²) in [6, 6.07) is 25.2. The summed E-state index contributed by atoms with van der Waals surface area (Å²) in [6.07, 6.45) is 0. The second-order valence-electron chi connectivity index (χ2n) is 6.98. The second kappa shape index (κ2) is 7.93. The molecule has 0 fully saturated rings. The Bertz CT molecular complexity index is 884. The van der Waals surface area contributed by atoms with Crippen molar-refractivity contribution in [3.63, 3.8) is 0 Å². The van der Waals surface area contributed by atoms with Crippen molar-refractivity contribution in [3.8, 4) is 5.75 Å². The number of carbonyl (C=O) groups is 1. The quantitative estimate of drug-likeness (QED) is 0.373. The minimum absolute atomic E-state index is 0.0459. The van der Waals surface area contributed by atoms with E-state index in [2.05, 4.69) is 25.7 Å². The first-order valence-electron chi connectivity index (χ1n) is 8.58. The maximum absolute atomic E-state index is 12.5. The van der Waals surface area contributed by atoms with Gasteiger partial charge >= 0.3 is 0 Å². The van der Waals surface area contributed by atoms with Gasteiger partial charge in [0.1, 0.15) is 5.75 Å². The molecule has 0 saturated carbocycles. The van der Waals surface area contributed by atoms with Crippen LogP contribution in [0.1, 0.15) is 15.9 Å². The van der Waals surface area contributed by atoms with Crippen molar-refractivity contribution in [1.29, 1.82) is 0 Å². The van der Waals surface area contributed by atoms with Crippen molar-refractivity contribution in [2.45, 2.75) is 29.4 Å². The van der Waals surface area contributed by atoms with Crippen LogP contribution in [0.25, 0.3) is 0 Å². The Morgan fingerprint density at radius 2 is 1.35 bits per heavy atom. The molecule has 0 unspecified atom stereocenters. The first kappa shape index (κ1) is 18.5. The van der Waals surface area contributed by atoms with Crippen LogP contribution in [-0.2, 0) is 0 Å². The van der Waals surface area contributed by atoms with Gasteiger partial charge in [-0.2, -0.15) is 0 Å². The molecule has 0 aliphatic carbocycles. The van der Waals surface area contributed by atoms with Crippen molar-refractivity contribution in [1.82, 2.24) is 0 Å². The third-order valence-electron chi connectivity index (χ3n) is 3.65. The van der Waals surface area contributed by atoms with Crippen molar-refractivity contribution in [2.24, 2.45) is 0 Å². The highest BCUT2D eigenvalue weighted by molar-refractivity contribution is 7.99. The summed E-state index contributed by atoms with van der Waals surface area (Å²) >= 11 is 1.66. The molecule has 0 aliphatic heterocycles. The third kappa shape index (κ3) is 4.87. The molecule has 0 amide bonds. The first-order valence-corrected chi connectivity index (χ1v) is 12.8. The molecule has 26 heavy (non-hydrogen) atoms. The Labute approximate surface area is 160 Å². The Kier molecular flexibility index (Phi) is 5.64. The molecule has 0 aliphatic rings. The van der Waals surface area contributed by atoms with E-state index in [0.29, 0.717) is 11.1 Å². The van der Waals surface area contributed by atoms with Gasteiger partial charge in [-0.25, -0.2) is 0 Å². The lowest BCUT2D eigenvalue weighted by molar-refractivity contribution is 0.103. The lowest BCUT2D eigenvalue weighted by Gasteiger charge is -2.21. The minimum Gasteiger partial charge on any atom is -0.544 e. The largest absolute Gasteiger partial charge is 0.544 e. The van der Waals surface area contributed by atoms with Crippen LogP contribution in [-0.4, -0.2) is 14.1 Å². The molecule has 0 heterocycles. The summed E-state index contributed by atoms with van der Waals surface area (Å²) < 4.78 is 6.19. The van der Waals surface area contributed by atoms with Crippen LogP contribution in [0, 0.1) is 0 Å². The summed E-state index contributed by atoms with van der Waals surface area (Å²) in [6.45, 7) is 6.54. The van der Waals surface area contributed by atoms with Crippen molar-refractivity contribution in [2.75, 3.05) is 0 Å². The lowest BCUT2D eigenvalue weighted by atomic mass is 10.0. The van der Waals surface area contributed by atoms with Crippen molar-refractivity contribution in [3.05, 3.63) is 90.0 Å². The van der Waals surface area contributed by atoms with Crippen LogP contribution in [0.3, 0.4) is 0 Å². The molecular weight excluding hydrogens is 356 g/mol. The van der Waals surface area contributed by atoms with E-state index in [9.17, 15) is 4.79 Å². The summed E-state index contributed by atoms with van der Waals surface area (Å²) in [5.41, 5.74) is 1.41. The Morgan fingerprint density at radius 1 is 0.769 bits per heavy atom. The maximum atomic E-state index is 12.5. The predicted octanol–water partition coefficient (Wildman–Crippen LogP) is 6.28. The Balaban J connectivity index is 1.77. The Morgan fingerprint density at radius 3 is 2.00 bits per heavy atom. The van der Waals surface area contributed by atoms with Crippen LogP contribution in [0.4, 0.5) is 0 Å². The predicted molar refractivity (Wildman–Crippen MR) is 111 cm³/mol. The van der Waals surface area contributed by atoms with Gasteiger partial charge < -0.3 is 4.43 Å². The van der Waals surface area contributed by atoms with E-state index < -0.39 is 8.32 Å². The average molecular weight is 379 g/mol. The SMILES string of the molecule is C[Si](C)(C)Oc1ccccc1Sc1ccc(C(=O)c2ccccc2)cc1. The van der Waals surface area contributed by atoms with Gasteiger partial charge in [-0.1, -0.05) is 54.2 Å². The van der Waals surface area contributed by atoms with E-state index in [4.69, 9.17) is 4.43 Å². The zero-order valence-corrected chi connectivity index (χ0v) is 17.0. The Hall–Kier alpha value is -2.30. The maximum Gasteiger partial charge on any atom is 0.242 e. The highest BCUT2D eigenvalue weighted by Gasteiger charge is 2.18. The van der Waals surface area contributed by atoms with E-state index in [1.807, 2.05) is 72.8 Å². The molecule has 0 saturated heterocycles. The van der Waals surface area contributed by atoms with Crippen molar-refractivity contribution >= 4 is 25.9 Å². The van der Waals surface area contributed by atoms with Crippen LogP contribution < -0.4 is 4.43 Å². The van der Waals surface area contributed by atoms with E-state index in [1.165, 1.54) is 0 Å². The molecule has 0 spiro atoms. The number of hydrogen-bond donors (Lipinski definition) is 0. The standard InChI is InChI=1S/C22H22O2SSi/c1-26(2,3)24-20-11-7-8-12-21(20)25-19-15-13-18(14-16-19)22(23)17-9-5-4-6-10-17/h4-16H,1-3H3. The molecule has 3 rings (SSSR count). The number of benzene rings is 3. The zero-order valence-electron chi connectivity index (χ0n) is 15.2. The molecule has 4 heteroatoms. The van der Waals surface area contributed by atoms with Crippen LogP contribution >= 0.6 is 11.8 Å². The van der Waals surface area contributed by atoms with E-state index in [0.717, 1.165) is 15.5 Å². The molecule has 0 N–H and O–H groups in total. The monoisotopic (exact) mass is 378 g/mol. The fourth-order valence-corrected chi connectivity index (χ4v) is 4.30. The molecule has 3 aromatic carbocycles. The highest BCUT2D eigenvalue weighted by atomic mass is 32.2. The molecule has 3 aromatic rings. The molecule has 132 valence electrons. The minimum atomic E-state index is -1.67. The molecule has 0 atom stereocenters. The first-order chi connectivity index (χ1) is 12.4. The normalized spacial score (nSPS) is 11.2. The smallest absolute Gasteiger partial charge is 0.242 e. The summed E-state index contributed by atoms with van der Waals surface area (Å²) in [7, 11) is -1.67. The van der Waals surface area contributed by atoms with Gasteiger partial charge in [0.15, 0.2) is 5.78 Å². The van der Waals surface area contributed by atoms with Gasteiger partial charge in [0, 0.05) is 16.0 Å². The fourth-order valence-electron chi connectivity index (χ4n) is 2.51.